The Morgan fingerprint density at radius 2 is 0.944 bits per heavy atom. The van der Waals surface area contributed by atoms with E-state index in [0.717, 1.165) is 6.42 Å². The van der Waals surface area contributed by atoms with Crippen molar-refractivity contribution < 1.29 is 25.9 Å². The van der Waals surface area contributed by atoms with Crippen LogP contribution < -0.4 is 0 Å². The van der Waals surface area contributed by atoms with Crippen molar-refractivity contribution in [1.82, 2.24) is 0 Å². The zero-order valence-corrected chi connectivity index (χ0v) is 14.4. The molecule has 0 N–H and O–H groups in total. The Bertz CT molecular complexity index is 148. The Morgan fingerprint density at radius 3 is 1.28 bits per heavy atom. The molecule has 2 heteroatoms. The summed E-state index contributed by atoms with van der Waals surface area (Å²) >= 11 is 0. The van der Waals surface area contributed by atoms with E-state index in [1.165, 1.54) is 77.0 Å². The monoisotopic (exact) mass is 434 g/mol. The first kappa shape index (κ1) is 20.7. The molecule has 1 nitrogen and oxygen atoms in total. The van der Waals surface area contributed by atoms with Crippen molar-refractivity contribution in [2.24, 2.45) is 0 Å². The molecule has 0 fully saturated rings. The summed E-state index contributed by atoms with van der Waals surface area (Å²) < 4.78 is 0. The summed E-state index contributed by atoms with van der Waals surface area (Å²) in [4.78, 5) is 9.98. The third-order valence-corrected chi connectivity index (χ3v) is 3.38. The van der Waals surface area contributed by atoms with Crippen LogP contribution in [0.25, 0.3) is 0 Å². The van der Waals surface area contributed by atoms with E-state index in [-0.39, 0.29) is 21.1 Å². The summed E-state index contributed by atoms with van der Waals surface area (Å²) in [6.45, 7) is 2.27. The minimum atomic E-state index is 0. The van der Waals surface area contributed by atoms with Crippen LogP contribution in [0.1, 0.15) is 96.8 Å². The molecule has 0 aromatic heterocycles. The van der Waals surface area contributed by atoms with Gasteiger partial charge >= 0.3 is 0 Å². The molecule has 0 heterocycles. The van der Waals surface area contributed by atoms with Crippen molar-refractivity contribution in [3.8, 4) is 0 Å². The van der Waals surface area contributed by atoms with E-state index in [1.54, 1.807) is 0 Å². The quantitative estimate of drug-likeness (QED) is 0.258. The molecule has 0 aromatic carbocycles. The third kappa shape index (κ3) is 18.7. The summed E-state index contributed by atoms with van der Waals surface area (Å²) in [7, 11) is 0. The van der Waals surface area contributed by atoms with E-state index in [9.17, 15) is 4.79 Å². The largest absolute Gasteiger partial charge is 0.542 e. The fourth-order valence-electron chi connectivity index (χ4n) is 2.21. The van der Waals surface area contributed by atoms with Gasteiger partial charge in [-0.15, -0.1) is 0 Å². The summed E-state index contributed by atoms with van der Waals surface area (Å²) in [6, 6.07) is 0. The second-order valence-corrected chi connectivity index (χ2v) is 5.14. The molecule has 0 aliphatic carbocycles. The first-order chi connectivity index (χ1) is 8.41. The van der Waals surface area contributed by atoms with Gasteiger partial charge in [-0.25, -0.2) is 0 Å². The van der Waals surface area contributed by atoms with Crippen LogP contribution >= 0.6 is 0 Å². The van der Waals surface area contributed by atoms with Crippen molar-refractivity contribution in [3.63, 3.8) is 0 Å². The first-order valence-corrected chi connectivity index (χ1v) is 7.76. The molecule has 0 aliphatic rings. The molecule has 0 aromatic rings. The van der Waals surface area contributed by atoms with Gasteiger partial charge in [-0.3, -0.25) is 6.29 Å². The number of carbonyl (C=O) groups excluding carboxylic acids is 1. The van der Waals surface area contributed by atoms with Crippen molar-refractivity contribution in [2.45, 2.75) is 96.8 Å². The van der Waals surface area contributed by atoms with Gasteiger partial charge in [0.25, 0.3) is 0 Å². The molecule has 0 amide bonds. The maximum Gasteiger partial charge on any atom is 0 e. The summed E-state index contributed by atoms with van der Waals surface area (Å²) in [5, 5.41) is 0. The van der Waals surface area contributed by atoms with Gasteiger partial charge in [0.1, 0.15) is 0 Å². The predicted octanol–water partition coefficient (Wildman–Crippen LogP) is 5.57. The molecule has 112 valence electrons. The van der Waals surface area contributed by atoms with E-state index in [2.05, 4.69) is 6.92 Å². The average molecular weight is 435 g/mol. The number of rotatable bonds is 14. The molecule has 0 unspecified atom stereocenters. The molecular formula is C16H31OPt-. The van der Waals surface area contributed by atoms with Gasteiger partial charge in [0.05, 0.1) is 0 Å². The van der Waals surface area contributed by atoms with Crippen LogP contribution in [0.5, 0.6) is 0 Å². The van der Waals surface area contributed by atoms with Crippen molar-refractivity contribution in [3.05, 3.63) is 0 Å². The molecule has 0 spiro atoms. The fraction of sp³-hybridized carbons (Fsp3) is 0.938. The van der Waals surface area contributed by atoms with Crippen LogP contribution in [0.4, 0.5) is 0 Å². The molecule has 0 saturated heterocycles. The molecule has 0 atom stereocenters. The molecular weight excluding hydrogens is 403 g/mol. The Labute approximate surface area is 129 Å². The summed E-state index contributed by atoms with van der Waals surface area (Å²) in [5.74, 6) is 0. The Kier molecular flexibility index (Phi) is 22.6. The third-order valence-electron chi connectivity index (χ3n) is 3.38. The molecule has 0 rings (SSSR count). The minimum Gasteiger partial charge on any atom is -0.542 e. The van der Waals surface area contributed by atoms with Crippen molar-refractivity contribution >= 4 is 6.29 Å². The first-order valence-electron chi connectivity index (χ1n) is 7.76. The molecule has 0 bridgehead atoms. The Hall–Kier alpha value is 0.358. The van der Waals surface area contributed by atoms with E-state index in [1.807, 2.05) is 6.29 Å². The minimum absolute atomic E-state index is 0. The predicted molar refractivity (Wildman–Crippen MR) is 76.0 cm³/mol. The van der Waals surface area contributed by atoms with E-state index < -0.39 is 0 Å². The standard InChI is InChI=1S/C16H31O.Pt/c1-2-3-4-5-6-7-8-9-10-11-12-13-14-15-16-17;/h2-15H2,1H3;/q-1;. The Balaban J connectivity index is 0. The van der Waals surface area contributed by atoms with E-state index >= 15 is 0 Å². The van der Waals surface area contributed by atoms with Gasteiger partial charge in [0, 0.05) is 21.1 Å². The van der Waals surface area contributed by atoms with Crippen LogP contribution in [-0.4, -0.2) is 6.29 Å². The van der Waals surface area contributed by atoms with E-state index in [4.69, 9.17) is 0 Å². The van der Waals surface area contributed by atoms with Crippen molar-refractivity contribution in [1.29, 1.82) is 0 Å². The van der Waals surface area contributed by atoms with Crippen LogP contribution in [0.2, 0.25) is 0 Å². The van der Waals surface area contributed by atoms with Gasteiger partial charge in [-0.05, 0) is 0 Å². The van der Waals surface area contributed by atoms with Gasteiger partial charge in [0.15, 0.2) is 0 Å². The van der Waals surface area contributed by atoms with E-state index in [0.29, 0.717) is 6.42 Å². The van der Waals surface area contributed by atoms with Gasteiger partial charge in [-0.1, -0.05) is 90.4 Å². The smallest absolute Gasteiger partial charge is 0 e. The number of hydrogen-bond acceptors (Lipinski definition) is 1. The fourth-order valence-corrected chi connectivity index (χ4v) is 2.21. The van der Waals surface area contributed by atoms with Crippen molar-refractivity contribution in [2.75, 3.05) is 0 Å². The van der Waals surface area contributed by atoms with Crippen LogP contribution in [0.3, 0.4) is 0 Å². The van der Waals surface area contributed by atoms with Crippen LogP contribution in [0, 0.1) is 0 Å². The summed E-state index contributed by atoms with van der Waals surface area (Å²) in [5.41, 5.74) is 0. The zero-order chi connectivity index (χ0) is 12.6. The second-order valence-electron chi connectivity index (χ2n) is 5.14. The zero-order valence-electron chi connectivity index (χ0n) is 12.1. The van der Waals surface area contributed by atoms with Gasteiger partial charge < -0.3 is 4.79 Å². The molecule has 0 radical (unpaired) electrons. The van der Waals surface area contributed by atoms with Gasteiger partial charge in [0.2, 0.25) is 0 Å². The molecule has 18 heavy (non-hydrogen) atoms. The van der Waals surface area contributed by atoms with Crippen LogP contribution in [0.15, 0.2) is 0 Å². The number of unbranched alkanes of at least 4 members (excludes halogenated alkanes) is 13. The second kappa shape index (κ2) is 19.7. The SMILES string of the molecule is CCCCCCCCCCCCCCC[C-]=O.[Pt]. The number of hydrogen-bond donors (Lipinski definition) is 0. The topological polar surface area (TPSA) is 17.1 Å². The molecule has 0 saturated carbocycles. The maximum atomic E-state index is 9.98. The van der Waals surface area contributed by atoms with Gasteiger partial charge in [-0.2, -0.15) is 6.42 Å². The maximum absolute atomic E-state index is 9.98. The Morgan fingerprint density at radius 1 is 0.611 bits per heavy atom. The normalized spacial score (nSPS) is 10.1. The average Bonchev–Trinajstić information content (AvgIpc) is 2.35. The summed E-state index contributed by atoms with van der Waals surface area (Å²) in [6.07, 6.45) is 20.2. The van der Waals surface area contributed by atoms with Crippen LogP contribution in [-0.2, 0) is 25.9 Å². The molecule has 0 aliphatic heterocycles.